The average molecular weight is 490 g/mol. The normalized spacial score (nSPS) is 15.5. The molecule has 0 spiro atoms. The second kappa shape index (κ2) is 10.7. The quantitative estimate of drug-likeness (QED) is 0.340. The Morgan fingerprint density at radius 3 is 2.57 bits per heavy atom. The van der Waals surface area contributed by atoms with Crippen LogP contribution in [0.1, 0.15) is 49.6 Å². The number of benzene rings is 2. The van der Waals surface area contributed by atoms with Crippen LogP contribution >= 0.6 is 11.3 Å². The molecular weight excluding hydrogens is 458 g/mol. The Morgan fingerprint density at radius 1 is 1.11 bits per heavy atom. The zero-order valence-electron chi connectivity index (χ0n) is 19.9. The Morgan fingerprint density at radius 2 is 1.86 bits per heavy atom. The van der Waals surface area contributed by atoms with Crippen LogP contribution in [-0.2, 0) is 6.54 Å². The molecule has 182 valence electrons. The maximum atomic E-state index is 13.2. The van der Waals surface area contributed by atoms with Crippen LogP contribution in [0, 0.1) is 0 Å². The zero-order valence-corrected chi connectivity index (χ0v) is 20.8. The van der Waals surface area contributed by atoms with Gasteiger partial charge >= 0.3 is 0 Å². The number of fused-ring (bicyclic) bond motifs is 1. The summed E-state index contributed by atoms with van der Waals surface area (Å²) >= 11 is 1.49. The van der Waals surface area contributed by atoms with Gasteiger partial charge in [-0.15, -0.1) is 11.3 Å². The summed E-state index contributed by atoms with van der Waals surface area (Å²) in [5, 5.41) is 13.6. The third kappa shape index (κ3) is 5.32. The summed E-state index contributed by atoms with van der Waals surface area (Å²) in [4.78, 5) is 24.1. The lowest BCUT2D eigenvalue weighted by Gasteiger charge is -2.35. The Balaban J connectivity index is 1.42. The van der Waals surface area contributed by atoms with Crippen LogP contribution in [0.4, 0.5) is 0 Å². The number of H-pyrrole nitrogens is 1. The van der Waals surface area contributed by atoms with E-state index in [1.165, 1.54) is 30.6 Å². The number of thiophene rings is 1. The fourth-order valence-electron chi connectivity index (χ4n) is 5.04. The van der Waals surface area contributed by atoms with Gasteiger partial charge < -0.3 is 14.8 Å². The van der Waals surface area contributed by atoms with Crippen LogP contribution in [0.2, 0.25) is 0 Å². The molecule has 2 aromatic heterocycles. The molecule has 0 bridgehead atoms. The van der Waals surface area contributed by atoms with E-state index in [1.807, 2.05) is 60.0 Å². The number of aliphatic hydroxyl groups excluding tert-OH is 1. The monoisotopic (exact) mass is 489 g/mol. The van der Waals surface area contributed by atoms with E-state index < -0.39 is 6.10 Å². The molecule has 2 heterocycles. The van der Waals surface area contributed by atoms with Crippen molar-refractivity contribution in [3.05, 3.63) is 81.7 Å². The Hall–Kier alpha value is -3.00. The highest BCUT2D eigenvalue weighted by Crippen LogP contribution is 2.32. The molecule has 6 nitrogen and oxygen atoms in total. The van der Waals surface area contributed by atoms with Crippen LogP contribution in [0.3, 0.4) is 0 Å². The first-order chi connectivity index (χ1) is 17.1. The molecule has 1 atom stereocenters. The molecule has 1 unspecified atom stereocenters. The molecule has 0 saturated heterocycles. The van der Waals surface area contributed by atoms with Gasteiger partial charge in [-0.3, -0.25) is 9.69 Å². The van der Waals surface area contributed by atoms with E-state index in [0.717, 1.165) is 40.1 Å². The van der Waals surface area contributed by atoms with Gasteiger partial charge in [0, 0.05) is 23.5 Å². The van der Waals surface area contributed by atoms with E-state index in [1.54, 1.807) is 7.11 Å². The summed E-state index contributed by atoms with van der Waals surface area (Å²) in [6.07, 6.45) is 5.28. The fraction of sp³-hybridized carbons (Fsp3) is 0.357. The number of aromatic amines is 1. The van der Waals surface area contributed by atoms with Crippen LogP contribution in [0.15, 0.2) is 64.8 Å². The smallest absolute Gasteiger partial charge is 0.260 e. The van der Waals surface area contributed by atoms with Crippen molar-refractivity contribution in [2.75, 3.05) is 13.7 Å². The number of ether oxygens (including phenoxy) is 1. The van der Waals surface area contributed by atoms with Crippen molar-refractivity contribution in [1.29, 1.82) is 0 Å². The van der Waals surface area contributed by atoms with Crippen molar-refractivity contribution in [3.8, 4) is 16.9 Å². The van der Waals surface area contributed by atoms with Crippen molar-refractivity contribution < 1.29 is 9.84 Å². The van der Waals surface area contributed by atoms with Crippen molar-refractivity contribution in [3.63, 3.8) is 0 Å². The van der Waals surface area contributed by atoms with E-state index in [9.17, 15) is 9.90 Å². The Bertz CT molecular complexity index is 1310. The number of rotatable bonds is 8. The van der Waals surface area contributed by atoms with Crippen molar-refractivity contribution in [2.24, 2.45) is 0 Å². The van der Waals surface area contributed by atoms with E-state index in [4.69, 9.17) is 9.72 Å². The van der Waals surface area contributed by atoms with Gasteiger partial charge in [-0.1, -0.05) is 61.7 Å². The molecule has 5 rings (SSSR count). The minimum atomic E-state index is -0.586. The number of nitrogens with zero attached hydrogens (tertiary/aromatic N) is 2. The standard InChI is InChI=1S/C28H31N3O3S/c1-34-22-14-12-19(13-15-22)23-18-35-28-26(23)27(33)29-25(30-28)17-31(21-10-6-3-7-11-21)16-24(32)20-8-4-2-5-9-20/h2,4-5,8-9,12-15,18,21,24,32H,3,6-7,10-11,16-17H2,1H3,(H,29,30,33). The number of methoxy groups -OCH3 is 1. The highest BCUT2D eigenvalue weighted by molar-refractivity contribution is 7.17. The topological polar surface area (TPSA) is 78.5 Å². The summed E-state index contributed by atoms with van der Waals surface area (Å²) in [6.45, 7) is 1.02. The van der Waals surface area contributed by atoms with Gasteiger partial charge in [0.05, 0.1) is 25.1 Å². The predicted octanol–water partition coefficient (Wildman–Crippen LogP) is 5.53. The SMILES string of the molecule is COc1ccc(-c2csc3nc(CN(CC(O)c4ccccc4)C4CCCCC4)[nH]c(=O)c23)cc1. The van der Waals surface area contributed by atoms with E-state index in [0.29, 0.717) is 30.3 Å². The Labute approximate surface area is 209 Å². The molecular formula is C28H31N3O3S. The van der Waals surface area contributed by atoms with Crippen LogP contribution in [0.5, 0.6) is 5.75 Å². The molecule has 0 aliphatic heterocycles. The molecule has 2 aromatic carbocycles. The van der Waals surface area contributed by atoms with Gasteiger partial charge in [-0.05, 0) is 36.1 Å². The minimum Gasteiger partial charge on any atom is -0.497 e. The molecule has 0 radical (unpaired) electrons. The summed E-state index contributed by atoms with van der Waals surface area (Å²) in [6, 6.07) is 17.9. The van der Waals surface area contributed by atoms with Crippen LogP contribution in [0.25, 0.3) is 21.3 Å². The van der Waals surface area contributed by atoms with Gasteiger partial charge in [0.15, 0.2) is 0 Å². The van der Waals surface area contributed by atoms with Gasteiger partial charge in [-0.25, -0.2) is 4.98 Å². The van der Waals surface area contributed by atoms with E-state index in [-0.39, 0.29) is 5.56 Å². The molecule has 2 N–H and O–H groups in total. The predicted molar refractivity (Wildman–Crippen MR) is 141 cm³/mol. The summed E-state index contributed by atoms with van der Waals surface area (Å²) in [5.41, 5.74) is 2.64. The second-order valence-corrected chi connectivity index (χ2v) is 10.1. The third-order valence-electron chi connectivity index (χ3n) is 6.93. The first-order valence-corrected chi connectivity index (χ1v) is 13.1. The lowest BCUT2D eigenvalue weighted by molar-refractivity contribution is 0.0657. The minimum absolute atomic E-state index is 0.121. The summed E-state index contributed by atoms with van der Waals surface area (Å²) in [7, 11) is 1.64. The molecule has 1 aliphatic carbocycles. The fourth-order valence-corrected chi connectivity index (χ4v) is 6.00. The number of nitrogens with one attached hydrogen (secondary N) is 1. The third-order valence-corrected chi connectivity index (χ3v) is 7.80. The van der Waals surface area contributed by atoms with Gasteiger partial charge in [0.1, 0.15) is 16.4 Å². The molecule has 1 fully saturated rings. The Kier molecular flexibility index (Phi) is 7.27. The highest BCUT2D eigenvalue weighted by Gasteiger charge is 2.25. The summed E-state index contributed by atoms with van der Waals surface area (Å²) in [5.74, 6) is 1.43. The zero-order chi connectivity index (χ0) is 24.2. The van der Waals surface area contributed by atoms with Crippen molar-refractivity contribution in [2.45, 2.75) is 50.8 Å². The molecule has 1 aliphatic rings. The molecule has 35 heavy (non-hydrogen) atoms. The average Bonchev–Trinajstić information content (AvgIpc) is 3.34. The maximum Gasteiger partial charge on any atom is 0.260 e. The van der Waals surface area contributed by atoms with Gasteiger partial charge in [0.25, 0.3) is 5.56 Å². The number of aromatic nitrogens is 2. The highest BCUT2D eigenvalue weighted by atomic mass is 32.1. The molecule has 4 aromatic rings. The van der Waals surface area contributed by atoms with E-state index in [2.05, 4.69) is 9.88 Å². The maximum absolute atomic E-state index is 13.2. The van der Waals surface area contributed by atoms with Crippen molar-refractivity contribution >= 4 is 21.6 Å². The number of aliphatic hydroxyl groups is 1. The molecule has 0 amide bonds. The van der Waals surface area contributed by atoms with Gasteiger partial charge in [-0.2, -0.15) is 0 Å². The summed E-state index contributed by atoms with van der Waals surface area (Å²) < 4.78 is 5.26. The first-order valence-electron chi connectivity index (χ1n) is 12.2. The van der Waals surface area contributed by atoms with Crippen LogP contribution in [-0.4, -0.2) is 39.7 Å². The van der Waals surface area contributed by atoms with E-state index >= 15 is 0 Å². The molecule has 7 heteroatoms. The second-order valence-electron chi connectivity index (χ2n) is 9.22. The largest absolute Gasteiger partial charge is 0.497 e. The number of hydrogen-bond acceptors (Lipinski definition) is 6. The van der Waals surface area contributed by atoms with Crippen LogP contribution < -0.4 is 10.3 Å². The number of hydrogen-bond donors (Lipinski definition) is 2. The molecule has 1 saturated carbocycles. The lowest BCUT2D eigenvalue weighted by Crippen LogP contribution is -2.39. The van der Waals surface area contributed by atoms with Gasteiger partial charge in [0.2, 0.25) is 0 Å². The van der Waals surface area contributed by atoms with Crippen molar-refractivity contribution in [1.82, 2.24) is 14.9 Å². The lowest BCUT2D eigenvalue weighted by atomic mass is 9.93. The first kappa shape index (κ1) is 23.7.